The van der Waals surface area contributed by atoms with Gasteiger partial charge < -0.3 is 10.6 Å². The van der Waals surface area contributed by atoms with Crippen LogP contribution < -0.4 is 10.6 Å². The van der Waals surface area contributed by atoms with E-state index in [1.54, 1.807) is 0 Å². The van der Waals surface area contributed by atoms with E-state index in [1.165, 1.54) is 32.1 Å². The van der Waals surface area contributed by atoms with Crippen LogP contribution in [0.1, 0.15) is 51.9 Å². The lowest BCUT2D eigenvalue weighted by molar-refractivity contribution is -0.126. The number of hydrogen-bond donors (Lipinski definition) is 2. The molecule has 0 radical (unpaired) electrons. The van der Waals surface area contributed by atoms with Crippen molar-refractivity contribution in [2.45, 2.75) is 57.9 Å². The molecule has 1 aliphatic carbocycles. The van der Waals surface area contributed by atoms with Gasteiger partial charge in [-0.05, 0) is 44.6 Å². The maximum absolute atomic E-state index is 12.1. The van der Waals surface area contributed by atoms with Crippen LogP contribution in [-0.4, -0.2) is 25.0 Å². The third-order valence-corrected chi connectivity index (χ3v) is 4.27. The summed E-state index contributed by atoms with van der Waals surface area (Å²) in [6.45, 7) is 4.27. The van der Waals surface area contributed by atoms with Crippen molar-refractivity contribution in [1.82, 2.24) is 10.6 Å². The van der Waals surface area contributed by atoms with Crippen LogP contribution in [0.5, 0.6) is 0 Å². The van der Waals surface area contributed by atoms with Crippen molar-refractivity contribution in [3.63, 3.8) is 0 Å². The number of rotatable bonds is 2. The van der Waals surface area contributed by atoms with Gasteiger partial charge in [-0.15, -0.1) is 12.4 Å². The molecule has 0 bridgehead atoms. The molecule has 0 spiro atoms. The molecule has 3 nitrogen and oxygen atoms in total. The molecule has 0 aromatic rings. The van der Waals surface area contributed by atoms with Gasteiger partial charge in [-0.2, -0.15) is 0 Å². The Morgan fingerprint density at radius 2 is 1.94 bits per heavy atom. The first-order valence-electron chi connectivity index (χ1n) is 7.27. The zero-order valence-electron chi connectivity index (χ0n) is 11.4. The molecule has 2 fully saturated rings. The van der Waals surface area contributed by atoms with Crippen molar-refractivity contribution in [2.75, 3.05) is 13.1 Å². The van der Waals surface area contributed by atoms with E-state index in [4.69, 9.17) is 0 Å². The summed E-state index contributed by atoms with van der Waals surface area (Å²) in [7, 11) is 0. The van der Waals surface area contributed by atoms with E-state index < -0.39 is 0 Å². The predicted molar refractivity (Wildman–Crippen MR) is 77.0 cm³/mol. The molecule has 3 unspecified atom stereocenters. The lowest BCUT2D eigenvalue weighted by Gasteiger charge is -2.25. The van der Waals surface area contributed by atoms with Gasteiger partial charge in [0.05, 0.1) is 5.92 Å². The minimum Gasteiger partial charge on any atom is -0.353 e. The number of piperidine rings is 1. The number of carbonyl (C=O) groups is 1. The third kappa shape index (κ3) is 4.77. The van der Waals surface area contributed by atoms with Gasteiger partial charge in [-0.25, -0.2) is 0 Å². The Balaban J connectivity index is 0.00000162. The summed E-state index contributed by atoms with van der Waals surface area (Å²) < 4.78 is 0. The summed E-state index contributed by atoms with van der Waals surface area (Å²) in [4.78, 5) is 12.1. The molecule has 2 aliphatic rings. The van der Waals surface area contributed by atoms with Crippen LogP contribution in [-0.2, 0) is 4.79 Å². The van der Waals surface area contributed by atoms with Gasteiger partial charge in [-0.3, -0.25) is 4.79 Å². The van der Waals surface area contributed by atoms with Crippen LogP contribution in [0.15, 0.2) is 0 Å². The van der Waals surface area contributed by atoms with Gasteiger partial charge in [0.2, 0.25) is 5.91 Å². The molecule has 1 saturated carbocycles. The smallest absolute Gasteiger partial charge is 0.224 e. The molecule has 1 aliphatic heterocycles. The zero-order valence-corrected chi connectivity index (χ0v) is 12.2. The third-order valence-electron chi connectivity index (χ3n) is 4.27. The summed E-state index contributed by atoms with van der Waals surface area (Å²) in [5.74, 6) is 1.34. The number of halogens is 1. The van der Waals surface area contributed by atoms with Crippen LogP contribution in [0, 0.1) is 11.8 Å². The summed E-state index contributed by atoms with van der Waals surface area (Å²) in [5.41, 5.74) is 0. The topological polar surface area (TPSA) is 41.1 Å². The van der Waals surface area contributed by atoms with Gasteiger partial charge in [0.1, 0.15) is 0 Å². The Hall–Kier alpha value is -0.280. The average Bonchev–Trinajstić information content (AvgIpc) is 2.56. The molecule has 2 rings (SSSR count). The molecular formula is C14H27ClN2O. The van der Waals surface area contributed by atoms with Gasteiger partial charge in [-0.1, -0.05) is 19.8 Å². The molecule has 0 aromatic carbocycles. The van der Waals surface area contributed by atoms with Crippen LogP contribution >= 0.6 is 12.4 Å². The second kappa shape index (κ2) is 8.00. The molecule has 1 saturated heterocycles. The summed E-state index contributed by atoms with van der Waals surface area (Å²) in [6.07, 6.45) is 8.42. The van der Waals surface area contributed by atoms with E-state index in [0.29, 0.717) is 6.04 Å². The normalized spacial score (nSPS) is 33.1. The molecular weight excluding hydrogens is 248 g/mol. The van der Waals surface area contributed by atoms with Gasteiger partial charge in [0.25, 0.3) is 0 Å². The molecule has 3 atom stereocenters. The van der Waals surface area contributed by atoms with Crippen LogP contribution in [0.2, 0.25) is 0 Å². The fourth-order valence-corrected chi connectivity index (χ4v) is 3.03. The highest BCUT2D eigenvalue weighted by atomic mass is 35.5. The van der Waals surface area contributed by atoms with Gasteiger partial charge in [0, 0.05) is 12.6 Å². The SMILES string of the molecule is CC1CCCC(NC(=O)C2CCCNC2)CC1.Cl. The first-order chi connectivity index (χ1) is 8.25. The monoisotopic (exact) mass is 274 g/mol. The minimum atomic E-state index is 0. The molecule has 0 aromatic heterocycles. The largest absolute Gasteiger partial charge is 0.353 e. The molecule has 106 valence electrons. The van der Waals surface area contributed by atoms with E-state index in [2.05, 4.69) is 17.6 Å². The highest BCUT2D eigenvalue weighted by Gasteiger charge is 2.24. The molecule has 4 heteroatoms. The molecule has 18 heavy (non-hydrogen) atoms. The maximum atomic E-state index is 12.1. The fraction of sp³-hybridized carbons (Fsp3) is 0.929. The van der Waals surface area contributed by atoms with E-state index >= 15 is 0 Å². The summed E-state index contributed by atoms with van der Waals surface area (Å²) in [6, 6.07) is 0.439. The van der Waals surface area contributed by atoms with Crippen molar-refractivity contribution in [2.24, 2.45) is 11.8 Å². The zero-order chi connectivity index (χ0) is 12.1. The van der Waals surface area contributed by atoms with E-state index in [9.17, 15) is 4.79 Å². The first-order valence-corrected chi connectivity index (χ1v) is 7.27. The lowest BCUT2D eigenvalue weighted by Crippen LogP contribution is -2.44. The predicted octanol–water partition coefficient (Wildman–Crippen LogP) is 2.49. The number of amides is 1. The Kier molecular flexibility index (Phi) is 7.02. The Morgan fingerprint density at radius 3 is 2.67 bits per heavy atom. The first kappa shape index (κ1) is 15.8. The van der Waals surface area contributed by atoms with Crippen molar-refractivity contribution < 1.29 is 4.79 Å². The fourth-order valence-electron chi connectivity index (χ4n) is 3.03. The van der Waals surface area contributed by atoms with Crippen LogP contribution in [0.3, 0.4) is 0 Å². The Bertz CT molecular complexity index is 254. The maximum Gasteiger partial charge on any atom is 0.224 e. The van der Waals surface area contributed by atoms with Crippen molar-refractivity contribution in [1.29, 1.82) is 0 Å². The highest BCUT2D eigenvalue weighted by molar-refractivity contribution is 5.85. The average molecular weight is 275 g/mol. The number of carbonyl (C=O) groups excluding carboxylic acids is 1. The Labute approximate surface area is 117 Å². The van der Waals surface area contributed by atoms with Gasteiger partial charge >= 0.3 is 0 Å². The molecule has 1 amide bonds. The van der Waals surface area contributed by atoms with E-state index in [1.807, 2.05) is 0 Å². The van der Waals surface area contributed by atoms with Gasteiger partial charge in [0.15, 0.2) is 0 Å². The minimum absolute atomic E-state index is 0. The second-order valence-electron chi connectivity index (χ2n) is 5.86. The van der Waals surface area contributed by atoms with Crippen molar-refractivity contribution >= 4 is 18.3 Å². The quantitative estimate of drug-likeness (QED) is 0.760. The van der Waals surface area contributed by atoms with E-state index in [0.717, 1.165) is 31.8 Å². The van der Waals surface area contributed by atoms with Crippen LogP contribution in [0.4, 0.5) is 0 Å². The van der Waals surface area contributed by atoms with Crippen LogP contribution in [0.25, 0.3) is 0 Å². The number of nitrogens with one attached hydrogen (secondary N) is 2. The highest BCUT2D eigenvalue weighted by Crippen LogP contribution is 2.23. The number of hydrogen-bond acceptors (Lipinski definition) is 2. The Morgan fingerprint density at radius 1 is 1.11 bits per heavy atom. The molecule has 2 N–H and O–H groups in total. The van der Waals surface area contributed by atoms with Crippen molar-refractivity contribution in [3.8, 4) is 0 Å². The summed E-state index contributed by atoms with van der Waals surface area (Å²) in [5, 5.41) is 6.58. The van der Waals surface area contributed by atoms with E-state index in [-0.39, 0.29) is 24.2 Å². The summed E-state index contributed by atoms with van der Waals surface area (Å²) >= 11 is 0. The standard InChI is InChI=1S/C14H26N2O.ClH/c1-11-4-2-6-13(8-7-11)16-14(17)12-5-3-9-15-10-12;/h11-13,15H,2-10H2,1H3,(H,16,17);1H. The lowest BCUT2D eigenvalue weighted by atomic mass is 9.97. The second-order valence-corrected chi connectivity index (χ2v) is 5.86. The molecule has 1 heterocycles. The van der Waals surface area contributed by atoms with Crippen molar-refractivity contribution in [3.05, 3.63) is 0 Å².